The molecule has 1 aliphatic rings. The third-order valence-electron chi connectivity index (χ3n) is 5.54. The van der Waals surface area contributed by atoms with Crippen LogP contribution >= 0.6 is 0 Å². The molecule has 0 bridgehead atoms. The molecule has 0 aromatic heterocycles. The van der Waals surface area contributed by atoms with Crippen LogP contribution in [0.2, 0.25) is 0 Å². The molecule has 1 heterocycles. The number of benzene rings is 2. The molecule has 1 atom stereocenters. The van der Waals surface area contributed by atoms with Gasteiger partial charge in [-0.15, -0.1) is 0 Å². The Bertz CT molecular complexity index is 1110. The van der Waals surface area contributed by atoms with Crippen LogP contribution in [0.1, 0.15) is 29.8 Å². The minimum absolute atomic E-state index is 0.0330. The highest BCUT2D eigenvalue weighted by Gasteiger charge is 2.28. The summed E-state index contributed by atoms with van der Waals surface area (Å²) < 4.78 is 37.6. The SMILES string of the molecule is COc1cccc(CNC(=O)[C@@H](NC(=O)c2cccc(S(=O)(=O)N3CCOCC3)c2)C(C)C)c1. The molecule has 1 saturated heterocycles. The molecule has 3 rings (SSSR count). The zero-order chi connectivity index (χ0) is 24.7. The molecule has 2 amide bonds. The summed E-state index contributed by atoms with van der Waals surface area (Å²) in [4.78, 5) is 25.8. The van der Waals surface area contributed by atoms with Crippen molar-refractivity contribution in [2.24, 2.45) is 5.92 Å². The number of ether oxygens (including phenoxy) is 2. The number of hydrogen-bond acceptors (Lipinski definition) is 6. The molecule has 0 aliphatic carbocycles. The highest BCUT2D eigenvalue weighted by molar-refractivity contribution is 7.89. The number of sulfonamides is 1. The maximum Gasteiger partial charge on any atom is 0.251 e. The predicted molar refractivity (Wildman–Crippen MR) is 127 cm³/mol. The molecule has 184 valence electrons. The van der Waals surface area contributed by atoms with Crippen molar-refractivity contribution >= 4 is 21.8 Å². The first kappa shape index (κ1) is 25.7. The fraction of sp³-hybridized carbons (Fsp3) is 0.417. The van der Waals surface area contributed by atoms with Crippen molar-refractivity contribution in [3.63, 3.8) is 0 Å². The minimum Gasteiger partial charge on any atom is -0.497 e. The molecule has 0 radical (unpaired) electrons. The van der Waals surface area contributed by atoms with Gasteiger partial charge in [0.1, 0.15) is 11.8 Å². The Kier molecular flexibility index (Phi) is 8.65. The maximum atomic E-state index is 12.9. The molecule has 2 aromatic rings. The summed E-state index contributed by atoms with van der Waals surface area (Å²) in [6.07, 6.45) is 0. The molecule has 2 aromatic carbocycles. The number of hydrogen-bond donors (Lipinski definition) is 2. The lowest BCUT2D eigenvalue weighted by atomic mass is 10.0. The summed E-state index contributed by atoms with van der Waals surface area (Å²) in [5.74, 6) is -0.348. The second kappa shape index (κ2) is 11.5. The van der Waals surface area contributed by atoms with Gasteiger partial charge in [-0.3, -0.25) is 9.59 Å². The zero-order valence-corrected chi connectivity index (χ0v) is 20.4. The smallest absolute Gasteiger partial charge is 0.251 e. The Morgan fingerprint density at radius 3 is 2.47 bits per heavy atom. The molecule has 1 fully saturated rings. The standard InChI is InChI=1S/C24H31N3O6S/c1-17(2)22(24(29)25-16-18-6-4-8-20(14-18)32-3)26-23(28)19-7-5-9-21(15-19)34(30,31)27-10-12-33-13-11-27/h4-9,14-15,17,22H,10-13,16H2,1-3H3,(H,25,29)(H,26,28)/t22-/m0/s1. The summed E-state index contributed by atoms with van der Waals surface area (Å²) in [7, 11) is -2.17. The van der Waals surface area contributed by atoms with Gasteiger partial charge in [-0.25, -0.2) is 8.42 Å². The Morgan fingerprint density at radius 2 is 1.79 bits per heavy atom. The van der Waals surface area contributed by atoms with Crippen molar-refractivity contribution in [2.75, 3.05) is 33.4 Å². The first-order valence-electron chi connectivity index (χ1n) is 11.1. The van der Waals surface area contributed by atoms with E-state index in [4.69, 9.17) is 9.47 Å². The van der Waals surface area contributed by atoms with Gasteiger partial charge in [-0.05, 0) is 41.8 Å². The van der Waals surface area contributed by atoms with E-state index in [2.05, 4.69) is 10.6 Å². The average Bonchev–Trinajstić information content (AvgIpc) is 2.86. The third-order valence-corrected chi connectivity index (χ3v) is 7.44. The molecule has 0 saturated carbocycles. The van der Waals surface area contributed by atoms with E-state index in [1.54, 1.807) is 7.11 Å². The fourth-order valence-electron chi connectivity index (χ4n) is 3.57. The number of amides is 2. The summed E-state index contributed by atoms with van der Waals surface area (Å²) >= 11 is 0. The van der Waals surface area contributed by atoms with Gasteiger partial charge in [0.15, 0.2) is 0 Å². The lowest BCUT2D eigenvalue weighted by molar-refractivity contribution is -0.124. The largest absolute Gasteiger partial charge is 0.497 e. The van der Waals surface area contributed by atoms with Crippen LogP contribution in [0.4, 0.5) is 0 Å². The van der Waals surface area contributed by atoms with Gasteiger partial charge in [-0.2, -0.15) is 4.31 Å². The normalized spacial score (nSPS) is 15.5. The summed E-state index contributed by atoms with van der Waals surface area (Å²) in [6.45, 7) is 5.14. The van der Waals surface area contributed by atoms with Crippen molar-refractivity contribution in [3.8, 4) is 5.75 Å². The van der Waals surface area contributed by atoms with Crippen LogP contribution in [0, 0.1) is 5.92 Å². The summed E-state index contributed by atoms with van der Waals surface area (Å²) in [6, 6.07) is 12.4. The second-order valence-corrected chi connectivity index (χ2v) is 10.2. The van der Waals surface area contributed by atoms with Crippen LogP contribution in [0.25, 0.3) is 0 Å². The van der Waals surface area contributed by atoms with Gasteiger partial charge < -0.3 is 20.1 Å². The van der Waals surface area contributed by atoms with Gasteiger partial charge in [-0.1, -0.05) is 32.0 Å². The quantitative estimate of drug-likeness (QED) is 0.555. The zero-order valence-electron chi connectivity index (χ0n) is 19.6. The molecule has 34 heavy (non-hydrogen) atoms. The second-order valence-electron chi connectivity index (χ2n) is 8.31. The van der Waals surface area contributed by atoms with E-state index in [9.17, 15) is 18.0 Å². The lowest BCUT2D eigenvalue weighted by Gasteiger charge is -2.26. The molecule has 9 nitrogen and oxygen atoms in total. The average molecular weight is 490 g/mol. The summed E-state index contributed by atoms with van der Waals surface area (Å²) in [5, 5.41) is 5.59. The third kappa shape index (κ3) is 6.34. The molecule has 10 heteroatoms. The van der Waals surface area contributed by atoms with E-state index in [1.807, 2.05) is 38.1 Å². The Balaban J connectivity index is 1.69. The van der Waals surface area contributed by atoms with Crippen molar-refractivity contribution in [1.82, 2.24) is 14.9 Å². The van der Waals surface area contributed by atoms with Gasteiger partial charge in [0.2, 0.25) is 15.9 Å². The van der Waals surface area contributed by atoms with Crippen LogP contribution in [-0.4, -0.2) is 64.0 Å². The molecule has 0 spiro atoms. The lowest BCUT2D eigenvalue weighted by Crippen LogP contribution is -2.49. The Labute approximate surface area is 200 Å². The number of carbonyl (C=O) groups excluding carboxylic acids is 2. The number of carbonyl (C=O) groups is 2. The van der Waals surface area contributed by atoms with E-state index in [0.29, 0.717) is 19.0 Å². The number of morpholine rings is 1. The van der Waals surface area contributed by atoms with E-state index >= 15 is 0 Å². The van der Waals surface area contributed by atoms with Gasteiger partial charge in [0.05, 0.1) is 25.2 Å². The Morgan fingerprint density at radius 1 is 1.09 bits per heavy atom. The highest BCUT2D eigenvalue weighted by atomic mass is 32.2. The number of nitrogens with one attached hydrogen (secondary N) is 2. The van der Waals surface area contributed by atoms with Crippen LogP contribution < -0.4 is 15.4 Å². The molecular weight excluding hydrogens is 458 g/mol. The highest BCUT2D eigenvalue weighted by Crippen LogP contribution is 2.19. The Hall–Kier alpha value is -2.95. The van der Waals surface area contributed by atoms with E-state index < -0.39 is 22.0 Å². The molecule has 1 aliphatic heterocycles. The number of methoxy groups -OCH3 is 1. The van der Waals surface area contributed by atoms with Gasteiger partial charge in [0.25, 0.3) is 5.91 Å². The summed E-state index contributed by atoms with van der Waals surface area (Å²) in [5.41, 5.74) is 1.03. The molecule has 2 N–H and O–H groups in total. The van der Waals surface area contributed by atoms with Crippen molar-refractivity contribution < 1.29 is 27.5 Å². The van der Waals surface area contributed by atoms with Crippen LogP contribution in [0.15, 0.2) is 53.4 Å². The van der Waals surface area contributed by atoms with Crippen molar-refractivity contribution in [2.45, 2.75) is 31.3 Å². The van der Waals surface area contributed by atoms with E-state index in [-0.39, 0.29) is 41.9 Å². The molecular formula is C24H31N3O6S. The van der Waals surface area contributed by atoms with Crippen molar-refractivity contribution in [3.05, 3.63) is 59.7 Å². The number of rotatable bonds is 9. The van der Waals surface area contributed by atoms with Crippen LogP contribution in [-0.2, 0) is 26.1 Å². The first-order chi connectivity index (χ1) is 16.2. The van der Waals surface area contributed by atoms with Gasteiger partial charge >= 0.3 is 0 Å². The topological polar surface area (TPSA) is 114 Å². The first-order valence-corrected chi connectivity index (χ1v) is 12.6. The van der Waals surface area contributed by atoms with Crippen molar-refractivity contribution in [1.29, 1.82) is 0 Å². The van der Waals surface area contributed by atoms with Crippen LogP contribution in [0.3, 0.4) is 0 Å². The molecule has 0 unspecified atom stereocenters. The monoisotopic (exact) mass is 489 g/mol. The van der Waals surface area contributed by atoms with Crippen LogP contribution in [0.5, 0.6) is 5.75 Å². The maximum absolute atomic E-state index is 12.9. The fourth-order valence-corrected chi connectivity index (χ4v) is 5.03. The predicted octanol–water partition coefficient (Wildman–Crippen LogP) is 1.79. The van der Waals surface area contributed by atoms with E-state index in [0.717, 1.165) is 5.56 Å². The van der Waals surface area contributed by atoms with Gasteiger partial charge in [0, 0.05) is 25.2 Å². The number of nitrogens with zero attached hydrogens (tertiary/aromatic N) is 1. The van der Waals surface area contributed by atoms with E-state index in [1.165, 1.54) is 28.6 Å². The minimum atomic E-state index is -3.74.